The zero-order chi connectivity index (χ0) is 20.5. The quantitative estimate of drug-likeness (QED) is 0.264. The monoisotopic (exact) mass is 494 g/mol. The fraction of sp³-hybridized carbons (Fsp3) is 0.0435. The first-order valence-electron chi connectivity index (χ1n) is 9.34. The Bertz CT molecular complexity index is 1310. The van der Waals surface area contributed by atoms with Crippen LogP contribution in [0.3, 0.4) is 0 Å². The van der Waals surface area contributed by atoms with Gasteiger partial charge in [-0.3, -0.25) is 4.57 Å². The molecule has 0 bridgehead atoms. The van der Waals surface area contributed by atoms with Gasteiger partial charge in [-0.15, -0.1) is 10.2 Å². The van der Waals surface area contributed by atoms with Crippen molar-refractivity contribution in [3.8, 4) is 17.1 Å². The molecule has 5 aromatic rings. The van der Waals surface area contributed by atoms with Crippen molar-refractivity contribution >= 4 is 50.2 Å². The second-order valence-corrected chi connectivity index (χ2v) is 9.08. The van der Waals surface area contributed by atoms with E-state index in [0.717, 1.165) is 43.4 Å². The van der Waals surface area contributed by atoms with E-state index in [1.165, 1.54) is 5.56 Å². The van der Waals surface area contributed by atoms with Crippen molar-refractivity contribution in [2.24, 2.45) is 0 Å². The van der Waals surface area contributed by atoms with E-state index in [1.807, 2.05) is 42.6 Å². The molecule has 5 rings (SSSR count). The summed E-state index contributed by atoms with van der Waals surface area (Å²) in [5.74, 6) is 1.60. The standard InChI is InChI=1S/C23H16BrClN4S/c24-16-7-5-15(6-8-16)14-30-23-28-27-22(29(23)18-11-9-17(25)10-12-18)20-13-26-21-4-2-1-3-19(20)21/h1-13,26H,14H2. The summed E-state index contributed by atoms with van der Waals surface area (Å²) in [6.07, 6.45) is 1.99. The molecule has 2 aromatic heterocycles. The van der Waals surface area contributed by atoms with Crippen LogP contribution in [0.1, 0.15) is 5.56 Å². The fourth-order valence-electron chi connectivity index (χ4n) is 3.35. The molecule has 4 nitrogen and oxygen atoms in total. The molecule has 0 spiro atoms. The van der Waals surface area contributed by atoms with Gasteiger partial charge in [-0.2, -0.15) is 0 Å². The fourth-order valence-corrected chi connectivity index (χ4v) is 4.64. The summed E-state index contributed by atoms with van der Waals surface area (Å²) < 4.78 is 3.16. The molecule has 0 atom stereocenters. The zero-order valence-electron chi connectivity index (χ0n) is 15.7. The van der Waals surface area contributed by atoms with Crippen LogP contribution < -0.4 is 0 Å². The third-order valence-electron chi connectivity index (χ3n) is 4.83. The van der Waals surface area contributed by atoms with Crippen LogP contribution in [0.4, 0.5) is 0 Å². The number of thioether (sulfide) groups is 1. The van der Waals surface area contributed by atoms with Crippen molar-refractivity contribution in [3.63, 3.8) is 0 Å². The number of halogens is 2. The molecule has 0 saturated heterocycles. The third-order valence-corrected chi connectivity index (χ3v) is 6.61. The first-order valence-corrected chi connectivity index (χ1v) is 11.5. The van der Waals surface area contributed by atoms with Crippen molar-refractivity contribution in [2.45, 2.75) is 10.9 Å². The minimum atomic E-state index is 0.699. The van der Waals surface area contributed by atoms with Crippen LogP contribution in [0.2, 0.25) is 5.02 Å². The number of fused-ring (bicyclic) bond motifs is 1. The first kappa shape index (κ1) is 19.4. The van der Waals surface area contributed by atoms with Crippen molar-refractivity contribution in [2.75, 3.05) is 0 Å². The van der Waals surface area contributed by atoms with Crippen LogP contribution in [0, 0.1) is 0 Å². The Kier molecular flexibility index (Phi) is 5.37. The molecule has 0 radical (unpaired) electrons. The molecule has 0 saturated carbocycles. The lowest BCUT2D eigenvalue weighted by molar-refractivity contribution is 0.886. The Morgan fingerprint density at radius 1 is 0.933 bits per heavy atom. The average molecular weight is 496 g/mol. The van der Waals surface area contributed by atoms with Crippen molar-refractivity contribution < 1.29 is 0 Å². The number of H-pyrrole nitrogens is 1. The predicted octanol–water partition coefficient (Wildman–Crippen LogP) is 7.12. The van der Waals surface area contributed by atoms with E-state index in [4.69, 9.17) is 11.6 Å². The lowest BCUT2D eigenvalue weighted by Crippen LogP contribution is -1.99. The highest BCUT2D eigenvalue weighted by atomic mass is 79.9. The molecule has 3 aromatic carbocycles. The van der Waals surface area contributed by atoms with E-state index >= 15 is 0 Å². The molecular weight excluding hydrogens is 480 g/mol. The van der Waals surface area contributed by atoms with Gasteiger partial charge in [0.15, 0.2) is 11.0 Å². The Morgan fingerprint density at radius 3 is 2.50 bits per heavy atom. The van der Waals surface area contributed by atoms with E-state index in [-0.39, 0.29) is 0 Å². The van der Waals surface area contributed by atoms with Crippen LogP contribution in [-0.4, -0.2) is 19.7 Å². The van der Waals surface area contributed by atoms with Gasteiger partial charge in [0.2, 0.25) is 0 Å². The van der Waals surface area contributed by atoms with Gasteiger partial charge >= 0.3 is 0 Å². The summed E-state index contributed by atoms with van der Waals surface area (Å²) in [6.45, 7) is 0. The number of hydrogen-bond donors (Lipinski definition) is 1. The van der Waals surface area contributed by atoms with Gasteiger partial charge in [-0.25, -0.2) is 0 Å². The number of para-hydroxylation sites is 1. The molecule has 30 heavy (non-hydrogen) atoms. The van der Waals surface area contributed by atoms with E-state index in [1.54, 1.807) is 11.8 Å². The van der Waals surface area contributed by atoms with Crippen LogP contribution in [0.25, 0.3) is 28.0 Å². The van der Waals surface area contributed by atoms with Crippen molar-refractivity contribution in [1.29, 1.82) is 0 Å². The first-order chi connectivity index (χ1) is 14.7. The van der Waals surface area contributed by atoms with Crippen LogP contribution in [-0.2, 0) is 5.75 Å². The maximum atomic E-state index is 6.13. The summed E-state index contributed by atoms with van der Waals surface area (Å²) >= 11 is 11.3. The van der Waals surface area contributed by atoms with E-state index < -0.39 is 0 Å². The van der Waals surface area contributed by atoms with Crippen LogP contribution >= 0.6 is 39.3 Å². The zero-order valence-corrected chi connectivity index (χ0v) is 18.9. The lowest BCUT2D eigenvalue weighted by atomic mass is 10.1. The van der Waals surface area contributed by atoms with Gasteiger partial charge in [-0.1, -0.05) is 69.6 Å². The number of rotatable bonds is 5. The molecule has 0 aliphatic carbocycles. The number of aromatic amines is 1. The summed E-state index contributed by atoms with van der Waals surface area (Å²) in [4.78, 5) is 3.33. The predicted molar refractivity (Wildman–Crippen MR) is 127 cm³/mol. The third kappa shape index (κ3) is 3.78. The molecule has 7 heteroatoms. The number of nitrogens with one attached hydrogen (secondary N) is 1. The van der Waals surface area contributed by atoms with Crippen LogP contribution in [0.5, 0.6) is 0 Å². The summed E-state index contributed by atoms with van der Waals surface area (Å²) in [5, 5.41) is 11.7. The molecule has 0 aliphatic heterocycles. The molecular formula is C23H16BrClN4S. The average Bonchev–Trinajstić information content (AvgIpc) is 3.38. The minimum Gasteiger partial charge on any atom is -0.360 e. The molecule has 0 aliphatic rings. The normalized spacial score (nSPS) is 11.3. The largest absolute Gasteiger partial charge is 0.360 e. The van der Waals surface area contributed by atoms with Crippen molar-refractivity contribution in [3.05, 3.63) is 94.1 Å². The Labute approximate surface area is 191 Å². The van der Waals surface area contributed by atoms with E-state index in [9.17, 15) is 0 Å². The topological polar surface area (TPSA) is 46.5 Å². The van der Waals surface area contributed by atoms with Gasteiger partial charge in [0, 0.05) is 43.6 Å². The molecule has 0 amide bonds. The van der Waals surface area contributed by atoms with Gasteiger partial charge in [-0.05, 0) is 48.0 Å². The Hall–Kier alpha value is -2.54. The number of nitrogens with zero attached hydrogens (tertiary/aromatic N) is 3. The second-order valence-electron chi connectivity index (χ2n) is 6.78. The SMILES string of the molecule is Clc1ccc(-n2c(SCc3ccc(Br)cc3)nnc2-c2c[nH]c3ccccc23)cc1. The maximum Gasteiger partial charge on any atom is 0.196 e. The lowest BCUT2D eigenvalue weighted by Gasteiger charge is -2.10. The summed E-state index contributed by atoms with van der Waals surface area (Å²) in [5.41, 5.74) is 4.29. The number of aromatic nitrogens is 4. The van der Waals surface area contributed by atoms with Crippen LogP contribution in [0.15, 0.2) is 88.6 Å². The minimum absolute atomic E-state index is 0.699. The smallest absolute Gasteiger partial charge is 0.196 e. The molecule has 1 N–H and O–H groups in total. The highest BCUT2D eigenvalue weighted by Gasteiger charge is 2.19. The van der Waals surface area contributed by atoms with Gasteiger partial charge in [0.25, 0.3) is 0 Å². The molecule has 2 heterocycles. The van der Waals surface area contributed by atoms with Crippen molar-refractivity contribution in [1.82, 2.24) is 19.7 Å². The Morgan fingerprint density at radius 2 is 1.70 bits per heavy atom. The van der Waals surface area contributed by atoms with Gasteiger partial charge in [0.1, 0.15) is 0 Å². The highest BCUT2D eigenvalue weighted by Crippen LogP contribution is 2.33. The van der Waals surface area contributed by atoms with Gasteiger partial charge < -0.3 is 4.98 Å². The van der Waals surface area contributed by atoms with Gasteiger partial charge in [0.05, 0.1) is 0 Å². The van der Waals surface area contributed by atoms with E-state index in [2.05, 4.69) is 72.1 Å². The maximum absolute atomic E-state index is 6.13. The summed E-state index contributed by atoms with van der Waals surface area (Å²) in [6, 6.07) is 24.3. The molecule has 148 valence electrons. The number of benzene rings is 3. The highest BCUT2D eigenvalue weighted by molar-refractivity contribution is 9.10. The summed E-state index contributed by atoms with van der Waals surface area (Å²) in [7, 11) is 0. The molecule has 0 unspecified atom stereocenters. The second kappa shape index (κ2) is 8.30. The Balaban J connectivity index is 1.59. The van der Waals surface area contributed by atoms with E-state index in [0.29, 0.717) is 5.02 Å². The molecule has 0 fully saturated rings. The number of hydrogen-bond acceptors (Lipinski definition) is 3.